The van der Waals surface area contributed by atoms with E-state index in [2.05, 4.69) is 5.32 Å². The van der Waals surface area contributed by atoms with Gasteiger partial charge in [-0.15, -0.1) is 0 Å². The molecule has 20 heavy (non-hydrogen) atoms. The van der Waals surface area contributed by atoms with Gasteiger partial charge in [-0.25, -0.2) is 0 Å². The van der Waals surface area contributed by atoms with Gasteiger partial charge in [-0.1, -0.05) is 6.07 Å². The molecule has 1 aromatic rings. The Kier molecular flexibility index (Phi) is 5.27. The van der Waals surface area contributed by atoms with E-state index in [1.807, 2.05) is 30.0 Å². The normalized spacial score (nSPS) is 15.0. The highest BCUT2D eigenvalue weighted by molar-refractivity contribution is 5.77. The summed E-state index contributed by atoms with van der Waals surface area (Å²) in [7, 11) is 1.66. The number of nitrogens with one attached hydrogen (secondary N) is 1. The van der Waals surface area contributed by atoms with Gasteiger partial charge in [0, 0.05) is 26.1 Å². The first kappa shape index (κ1) is 14.7. The highest BCUT2D eigenvalue weighted by Crippen LogP contribution is 2.25. The molecule has 0 aliphatic carbocycles. The zero-order chi connectivity index (χ0) is 14.4. The summed E-state index contributed by atoms with van der Waals surface area (Å²) in [6.07, 6.45) is 4.08. The SMILES string of the molecule is COc1ccc(C)cc1NCCC(=O)N1CCCCC1. The van der Waals surface area contributed by atoms with E-state index in [0.29, 0.717) is 13.0 Å². The number of ether oxygens (including phenoxy) is 1. The molecule has 1 saturated heterocycles. The van der Waals surface area contributed by atoms with Crippen molar-refractivity contribution in [2.75, 3.05) is 32.1 Å². The van der Waals surface area contributed by atoms with Crippen molar-refractivity contribution in [2.24, 2.45) is 0 Å². The standard InChI is InChI=1S/C16H24N2O2/c1-13-6-7-15(20-2)14(12-13)17-9-8-16(19)18-10-4-3-5-11-18/h6-7,12,17H,3-5,8-11H2,1-2H3. The zero-order valence-electron chi connectivity index (χ0n) is 12.4. The summed E-state index contributed by atoms with van der Waals surface area (Å²) in [5, 5.41) is 3.30. The lowest BCUT2D eigenvalue weighted by atomic mass is 10.1. The highest BCUT2D eigenvalue weighted by Gasteiger charge is 2.15. The second-order valence-corrected chi connectivity index (χ2v) is 5.32. The van der Waals surface area contributed by atoms with Crippen LogP contribution in [-0.2, 0) is 4.79 Å². The smallest absolute Gasteiger partial charge is 0.224 e. The second kappa shape index (κ2) is 7.17. The number of amides is 1. The third-order valence-corrected chi connectivity index (χ3v) is 3.72. The molecule has 1 fully saturated rings. The third kappa shape index (κ3) is 3.89. The van der Waals surface area contributed by atoms with Crippen LogP contribution >= 0.6 is 0 Å². The number of aryl methyl sites for hydroxylation is 1. The number of anilines is 1. The fourth-order valence-electron chi connectivity index (χ4n) is 2.57. The summed E-state index contributed by atoms with van der Waals surface area (Å²) in [6.45, 7) is 4.54. The monoisotopic (exact) mass is 276 g/mol. The quantitative estimate of drug-likeness (QED) is 0.899. The first-order valence-electron chi connectivity index (χ1n) is 7.37. The summed E-state index contributed by atoms with van der Waals surface area (Å²) in [5.41, 5.74) is 2.13. The number of piperidine rings is 1. The van der Waals surface area contributed by atoms with Crippen LogP contribution in [0.25, 0.3) is 0 Å². The topological polar surface area (TPSA) is 41.6 Å². The van der Waals surface area contributed by atoms with Crippen LogP contribution in [0.1, 0.15) is 31.2 Å². The molecule has 0 unspecified atom stereocenters. The van der Waals surface area contributed by atoms with E-state index >= 15 is 0 Å². The average molecular weight is 276 g/mol. The van der Waals surface area contributed by atoms with Gasteiger partial charge < -0.3 is 15.0 Å². The maximum Gasteiger partial charge on any atom is 0.224 e. The lowest BCUT2D eigenvalue weighted by molar-refractivity contribution is -0.131. The predicted octanol–water partition coefficient (Wildman–Crippen LogP) is 2.82. The average Bonchev–Trinajstić information content (AvgIpc) is 2.48. The number of carbonyl (C=O) groups is 1. The van der Waals surface area contributed by atoms with E-state index in [0.717, 1.165) is 37.4 Å². The van der Waals surface area contributed by atoms with Crippen LogP contribution in [0.4, 0.5) is 5.69 Å². The largest absolute Gasteiger partial charge is 0.495 e. The Hall–Kier alpha value is -1.71. The summed E-state index contributed by atoms with van der Waals surface area (Å²) in [5.74, 6) is 1.07. The summed E-state index contributed by atoms with van der Waals surface area (Å²) < 4.78 is 5.32. The van der Waals surface area contributed by atoms with Crippen LogP contribution in [0.2, 0.25) is 0 Å². The minimum Gasteiger partial charge on any atom is -0.495 e. The third-order valence-electron chi connectivity index (χ3n) is 3.72. The van der Waals surface area contributed by atoms with Gasteiger partial charge in [-0.05, 0) is 43.9 Å². The highest BCUT2D eigenvalue weighted by atomic mass is 16.5. The Morgan fingerprint density at radius 2 is 2.05 bits per heavy atom. The first-order valence-corrected chi connectivity index (χ1v) is 7.37. The lowest BCUT2D eigenvalue weighted by Gasteiger charge is -2.26. The molecular weight excluding hydrogens is 252 g/mol. The van der Waals surface area contributed by atoms with Crippen LogP contribution < -0.4 is 10.1 Å². The number of nitrogens with zero attached hydrogens (tertiary/aromatic N) is 1. The number of carbonyl (C=O) groups excluding carboxylic acids is 1. The van der Waals surface area contributed by atoms with Crippen molar-refractivity contribution in [2.45, 2.75) is 32.6 Å². The Morgan fingerprint density at radius 3 is 2.75 bits per heavy atom. The Morgan fingerprint density at radius 1 is 1.30 bits per heavy atom. The van der Waals surface area contributed by atoms with E-state index in [4.69, 9.17) is 4.74 Å². The molecule has 2 rings (SSSR count). The Balaban J connectivity index is 1.83. The summed E-state index contributed by atoms with van der Waals surface area (Å²) in [4.78, 5) is 14.0. The van der Waals surface area contributed by atoms with Gasteiger partial charge in [-0.3, -0.25) is 4.79 Å². The molecule has 4 heteroatoms. The van der Waals surface area contributed by atoms with Gasteiger partial charge in [0.05, 0.1) is 12.8 Å². The van der Waals surface area contributed by atoms with Crippen molar-refractivity contribution >= 4 is 11.6 Å². The summed E-state index contributed by atoms with van der Waals surface area (Å²) >= 11 is 0. The molecule has 1 aliphatic heterocycles. The van der Waals surface area contributed by atoms with Crippen LogP contribution in [0.15, 0.2) is 18.2 Å². The lowest BCUT2D eigenvalue weighted by Crippen LogP contribution is -2.36. The fourth-order valence-corrected chi connectivity index (χ4v) is 2.57. The van der Waals surface area contributed by atoms with Gasteiger partial charge in [-0.2, -0.15) is 0 Å². The molecule has 4 nitrogen and oxygen atoms in total. The van der Waals surface area contributed by atoms with Gasteiger partial charge in [0.25, 0.3) is 0 Å². The summed E-state index contributed by atoms with van der Waals surface area (Å²) in [6, 6.07) is 6.01. The van der Waals surface area contributed by atoms with Gasteiger partial charge in [0.1, 0.15) is 5.75 Å². The van der Waals surface area contributed by atoms with Crippen molar-refractivity contribution < 1.29 is 9.53 Å². The zero-order valence-corrected chi connectivity index (χ0v) is 12.4. The first-order chi connectivity index (χ1) is 9.70. The van der Waals surface area contributed by atoms with Crippen molar-refractivity contribution in [3.05, 3.63) is 23.8 Å². The molecule has 1 aromatic carbocycles. The van der Waals surface area contributed by atoms with Crippen molar-refractivity contribution in [1.29, 1.82) is 0 Å². The number of likely N-dealkylation sites (tertiary alicyclic amines) is 1. The number of hydrogen-bond acceptors (Lipinski definition) is 3. The molecule has 0 aromatic heterocycles. The molecule has 0 saturated carbocycles. The molecule has 0 spiro atoms. The molecule has 110 valence electrons. The van der Waals surface area contributed by atoms with E-state index in [-0.39, 0.29) is 5.91 Å². The molecule has 0 atom stereocenters. The second-order valence-electron chi connectivity index (χ2n) is 5.32. The maximum absolute atomic E-state index is 12.1. The van der Waals surface area contributed by atoms with Crippen molar-refractivity contribution in [1.82, 2.24) is 4.90 Å². The molecule has 1 N–H and O–H groups in total. The maximum atomic E-state index is 12.1. The van der Waals surface area contributed by atoms with Crippen molar-refractivity contribution in [3.8, 4) is 5.75 Å². The van der Waals surface area contributed by atoms with E-state index in [1.54, 1.807) is 7.11 Å². The molecule has 0 bridgehead atoms. The van der Waals surface area contributed by atoms with E-state index in [9.17, 15) is 4.79 Å². The number of rotatable bonds is 5. The molecule has 1 aliphatic rings. The molecule has 1 amide bonds. The Labute approximate surface area is 121 Å². The van der Waals surface area contributed by atoms with E-state index < -0.39 is 0 Å². The predicted molar refractivity (Wildman–Crippen MR) is 81.3 cm³/mol. The van der Waals surface area contributed by atoms with Crippen LogP contribution in [0, 0.1) is 6.92 Å². The number of benzene rings is 1. The van der Waals surface area contributed by atoms with Gasteiger partial charge in [0.2, 0.25) is 5.91 Å². The Bertz CT molecular complexity index is 454. The minimum atomic E-state index is 0.254. The van der Waals surface area contributed by atoms with E-state index in [1.165, 1.54) is 12.0 Å². The fraction of sp³-hybridized carbons (Fsp3) is 0.562. The van der Waals surface area contributed by atoms with Crippen molar-refractivity contribution in [3.63, 3.8) is 0 Å². The minimum absolute atomic E-state index is 0.254. The van der Waals surface area contributed by atoms with Crippen LogP contribution in [-0.4, -0.2) is 37.6 Å². The van der Waals surface area contributed by atoms with Crippen LogP contribution in [0.5, 0.6) is 5.75 Å². The molecule has 0 radical (unpaired) electrons. The molecule has 1 heterocycles. The molecular formula is C16H24N2O2. The van der Waals surface area contributed by atoms with Gasteiger partial charge in [0.15, 0.2) is 0 Å². The number of hydrogen-bond donors (Lipinski definition) is 1. The van der Waals surface area contributed by atoms with Gasteiger partial charge >= 0.3 is 0 Å². The number of methoxy groups -OCH3 is 1. The van der Waals surface area contributed by atoms with Crippen LogP contribution in [0.3, 0.4) is 0 Å².